The highest BCUT2D eigenvalue weighted by Gasteiger charge is 2.17. The lowest BCUT2D eigenvalue weighted by atomic mass is 10.2. The molecule has 0 spiro atoms. The van der Waals surface area contributed by atoms with Gasteiger partial charge >= 0.3 is 18.1 Å². The van der Waals surface area contributed by atoms with Gasteiger partial charge < -0.3 is 9.47 Å². The van der Waals surface area contributed by atoms with E-state index in [9.17, 15) is 14.4 Å². The Balaban J connectivity index is 0. The number of hydrogen-bond acceptors (Lipinski definition) is 7. The maximum atomic E-state index is 10.8. The minimum absolute atomic E-state index is 0.287. The highest BCUT2D eigenvalue weighted by atomic mass is 17.2. The van der Waals surface area contributed by atoms with E-state index in [-0.39, 0.29) is 11.8 Å². The molecule has 0 saturated carbocycles. The Hall–Kier alpha value is -1.79. The zero-order chi connectivity index (χ0) is 18.6. The maximum Gasteiger partial charge on any atom is 0.508 e. The Kier molecular flexibility index (Phi) is 12.0. The molecule has 0 aliphatic carbocycles. The third-order valence-corrected chi connectivity index (χ3v) is 1.96. The van der Waals surface area contributed by atoms with Crippen LogP contribution in [0.3, 0.4) is 0 Å². The van der Waals surface area contributed by atoms with Crippen LogP contribution in [0.2, 0.25) is 0 Å². The number of carbonyl (C=O) groups is 3. The van der Waals surface area contributed by atoms with Gasteiger partial charge in [0.2, 0.25) is 0 Å². The number of hydrogen-bond donors (Lipinski definition) is 0. The quantitative estimate of drug-likeness (QED) is 0.440. The van der Waals surface area contributed by atoms with Crippen molar-refractivity contribution in [2.75, 3.05) is 6.61 Å². The normalized spacial score (nSPS) is 10.5. The van der Waals surface area contributed by atoms with Crippen LogP contribution >= 0.6 is 0 Å². The van der Waals surface area contributed by atoms with Gasteiger partial charge in [0.05, 0.1) is 18.4 Å². The van der Waals surface area contributed by atoms with Gasteiger partial charge in [-0.1, -0.05) is 34.6 Å². The fourth-order valence-electron chi connectivity index (χ4n) is 0.739. The van der Waals surface area contributed by atoms with E-state index in [1.165, 1.54) is 0 Å². The summed E-state index contributed by atoms with van der Waals surface area (Å²) < 4.78 is 9.58. The standard InChI is InChI=1S/C8H14O4.C8H16O3/c1-5(2)7(9)11-12-8(10)6(3)4;1-5-6-10-7(9)11-8(2,3)4/h5-6H,1-4H3;5-6H2,1-4H3. The van der Waals surface area contributed by atoms with Crippen LogP contribution in [0.1, 0.15) is 61.8 Å². The topological polar surface area (TPSA) is 88.1 Å². The first kappa shape index (κ1) is 23.5. The molecule has 0 bridgehead atoms. The Labute approximate surface area is 138 Å². The van der Waals surface area contributed by atoms with Crippen LogP contribution in [0.15, 0.2) is 0 Å². The van der Waals surface area contributed by atoms with Crippen molar-refractivity contribution in [3.05, 3.63) is 0 Å². The molecule has 0 unspecified atom stereocenters. The molecule has 0 atom stereocenters. The molecule has 23 heavy (non-hydrogen) atoms. The lowest BCUT2D eigenvalue weighted by molar-refractivity contribution is -0.263. The second-order valence-electron chi connectivity index (χ2n) is 6.43. The van der Waals surface area contributed by atoms with Gasteiger partial charge in [-0.15, -0.1) is 0 Å². The molecule has 0 aliphatic heterocycles. The van der Waals surface area contributed by atoms with Gasteiger partial charge in [-0.05, 0) is 27.2 Å². The molecule has 0 rings (SSSR count). The van der Waals surface area contributed by atoms with Crippen LogP contribution in [-0.2, 0) is 28.8 Å². The summed E-state index contributed by atoms with van der Waals surface area (Å²) in [6.07, 6.45) is 0.235. The monoisotopic (exact) mass is 334 g/mol. The summed E-state index contributed by atoms with van der Waals surface area (Å²) in [5, 5.41) is 0. The van der Waals surface area contributed by atoms with Gasteiger partial charge in [-0.25, -0.2) is 24.2 Å². The summed E-state index contributed by atoms with van der Waals surface area (Å²) in [6, 6.07) is 0. The smallest absolute Gasteiger partial charge is 0.434 e. The first-order chi connectivity index (χ1) is 10.4. The Bertz CT molecular complexity index is 347. The lowest BCUT2D eigenvalue weighted by Gasteiger charge is -2.18. The van der Waals surface area contributed by atoms with E-state index in [1.807, 2.05) is 6.92 Å². The molecule has 7 heteroatoms. The molecular formula is C16H30O7. The highest BCUT2D eigenvalue weighted by Crippen LogP contribution is 2.07. The predicted molar refractivity (Wildman–Crippen MR) is 84.3 cm³/mol. The third kappa shape index (κ3) is 16.4. The predicted octanol–water partition coefficient (Wildman–Crippen LogP) is 3.65. The zero-order valence-corrected chi connectivity index (χ0v) is 15.4. The van der Waals surface area contributed by atoms with Crippen molar-refractivity contribution >= 4 is 18.1 Å². The molecule has 0 aromatic rings. The lowest BCUT2D eigenvalue weighted by Crippen LogP contribution is -2.24. The Morgan fingerprint density at radius 1 is 0.870 bits per heavy atom. The number of rotatable bonds is 4. The summed E-state index contributed by atoms with van der Waals surface area (Å²) >= 11 is 0. The SMILES string of the molecule is CC(C)C(=O)OOC(=O)C(C)C.CCCOC(=O)OC(C)(C)C. The van der Waals surface area contributed by atoms with Gasteiger partial charge in [0, 0.05) is 0 Å². The zero-order valence-electron chi connectivity index (χ0n) is 15.4. The first-order valence-corrected chi connectivity index (χ1v) is 7.68. The molecule has 0 fully saturated rings. The van der Waals surface area contributed by atoms with Crippen LogP contribution in [0.5, 0.6) is 0 Å². The Morgan fingerprint density at radius 3 is 1.52 bits per heavy atom. The van der Waals surface area contributed by atoms with Crippen LogP contribution in [0.25, 0.3) is 0 Å². The van der Waals surface area contributed by atoms with Gasteiger partial charge in [0.1, 0.15) is 5.60 Å². The van der Waals surface area contributed by atoms with Gasteiger partial charge in [-0.2, -0.15) is 0 Å². The average molecular weight is 334 g/mol. The van der Waals surface area contributed by atoms with E-state index in [4.69, 9.17) is 9.47 Å². The average Bonchev–Trinajstić information content (AvgIpc) is 2.40. The second kappa shape index (κ2) is 11.7. The van der Waals surface area contributed by atoms with E-state index in [2.05, 4.69) is 9.78 Å². The molecule has 0 aromatic heterocycles. The first-order valence-electron chi connectivity index (χ1n) is 7.68. The summed E-state index contributed by atoms with van der Waals surface area (Å²) in [7, 11) is 0. The van der Waals surface area contributed by atoms with Crippen molar-refractivity contribution in [1.29, 1.82) is 0 Å². The van der Waals surface area contributed by atoms with Crippen molar-refractivity contribution in [2.24, 2.45) is 11.8 Å². The summed E-state index contributed by atoms with van der Waals surface area (Å²) in [6.45, 7) is 14.4. The Morgan fingerprint density at radius 2 is 1.26 bits per heavy atom. The second-order valence-corrected chi connectivity index (χ2v) is 6.43. The third-order valence-electron chi connectivity index (χ3n) is 1.96. The van der Waals surface area contributed by atoms with Gasteiger partial charge in [0.15, 0.2) is 0 Å². The van der Waals surface area contributed by atoms with E-state index < -0.39 is 23.7 Å². The molecule has 136 valence electrons. The van der Waals surface area contributed by atoms with Gasteiger partial charge in [-0.3, -0.25) is 0 Å². The summed E-state index contributed by atoms with van der Waals surface area (Å²) in [5.41, 5.74) is -0.454. The largest absolute Gasteiger partial charge is 0.508 e. The van der Waals surface area contributed by atoms with Crippen molar-refractivity contribution < 1.29 is 33.6 Å². The van der Waals surface area contributed by atoms with E-state index in [0.717, 1.165) is 6.42 Å². The van der Waals surface area contributed by atoms with Crippen LogP contribution < -0.4 is 0 Å². The van der Waals surface area contributed by atoms with Crippen LogP contribution in [0, 0.1) is 11.8 Å². The summed E-state index contributed by atoms with van der Waals surface area (Å²) in [5.74, 6) is -1.65. The van der Waals surface area contributed by atoms with Crippen molar-refractivity contribution in [1.82, 2.24) is 0 Å². The van der Waals surface area contributed by atoms with E-state index >= 15 is 0 Å². The molecule has 0 N–H and O–H groups in total. The van der Waals surface area contributed by atoms with Crippen LogP contribution in [0.4, 0.5) is 4.79 Å². The molecule has 0 heterocycles. The molecule has 0 aliphatic rings. The fraction of sp³-hybridized carbons (Fsp3) is 0.812. The molecule has 0 saturated heterocycles. The van der Waals surface area contributed by atoms with Gasteiger partial charge in [0.25, 0.3) is 0 Å². The van der Waals surface area contributed by atoms with Crippen LogP contribution in [-0.4, -0.2) is 30.3 Å². The number of carbonyl (C=O) groups excluding carboxylic acids is 3. The minimum atomic E-state index is -0.584. The molecule has 7 nitrogen and oxygen atoms in total. The van der Waals surface area contributed by atoms with E-state index in [1.54, 1.807) is 48.5 Å². The highest BCUT2D eigenvalue weighted by molar-refractivity contribution is 5.74. The molecule has 0 aromatic carbocycles. The van der Waals surface area contributed by atoms with Crippen molar-refractivity contribution in [2.45, 2.75) is 67.4 Å². The number of ether oxygens (including phenoxy) is 2. The molecule has 0 radical (unpaired) electrons. The molecule has 0 amide bonds. The minimum Gasteiger partial charge on any atom is -0.434 e. The molecular weight excluding hydrogens is 304 g/mol. The summed E-state index contributed by atoms with van der Waals surface area (Å²) in [4.78, 5) is 40.8. The van der Waals surface area contributed by atoms with Crippen molar-refractivity contribution in [3.8, 4) is 0 Å². The van der Waals surface area contributed by atoms with E-state index in [0.29, 0.717) is 6.61 Å². The van der Waals surface area contributed by atoms with Crippen molar-refractivity contribution in [3.63, 3.8) is 0 Å². The fourth-order valence-corrected chi connectivity index (χ4v) is 0.739. The maximum absolute atomic E-state index is 10.8.